The normalized spacial score (nSPS) is 13.7. The molecule has 0 bridgehead atoms. The second-order valence-electron chi connectivity index (χ2n) is 5.10. The first-order chi connectivity index (χ1) is 6.91. The van der Waals surface area contributed by atoms with E-state index in [1.165, 1.54) is 0 Å². The Kier molecular flexibility index (Phi) is 6.57. The van der Waals surface area contributed by atoms with Gasteiger partial charge in [-0.1, -0.05) is 34.1 Å². The van der Waals surface area contributed by atoms with Crippen molar-refractivity contribution in [1.29, 1.82) is 0 Å². The minimum Gasteiger partial charge on any atom is -0.396 e. The number of carbonyl (C=O) groups excluding carboxylic acids is 1. The zero-order chi connectivity index (χ0) is 11.9. The summed E-state index contributed by atoms with van der Waals surface area (Å²) in [4.78, 5) is 11.6. The molecule has 0 saturated heterocycles. The molecular weight excluding hydrogens is 190 g/mol. The fraction of sp³-hybridized carbons (Fsp3) is 0.917. The van der Waals surface area contributed by atoms with E-state index in [0.29, 0.717) is 5.92 Å². The van der Waals surface area contributed by atoms with Gasteiger partial charge in [0.15, 0.2) is 0 Å². The van der Waals surface area contributed by atoms with Crippen LogP contribution in [-0.4, -0.2) is 24.2 Å². The highest BCUT2D eigenvalue weighted by Gasteiger charge is 2.21. The Hall–Kier alpha value is -0.570. The van der Waals surface area contributed by atoms with E-state index in [1.807, 2.05) is 20.8 Å². The van der Waals surface area contributed by atoms with Crippen molar-refractivity contribution in [2.24, 2.45) is 11.3 Å². The minimum absolute atomic E-state index is 0.102. The topological polar surface area (TPSA) is 49.3 Å². The van der Waals surface area contributed by atoms with Crippen LogP contribution < -0.4 is 5.32 Å². The van der Waals surface area contributed by atoms with E-state index in [-0.39, 0.29) is 17.9 Å². The average Bonchev–Trinajstić information content (AvgIpc) is 2.16. The Bertz CT molecular complexity index is 185. The maximum atomic E-state index is 11.6. The van der Waals surface area contributed by atoms with E-state index in [0.717, 1.165) is 25.8 Å². The van der Waals surface area contributed by atoms with Crippen LogP contribution in [0.4, 0.5) is 0 Å². The Labute approximate surface area is 93.3 Å². The van der Waals surface area contributed by atoms with Crippen LogP contribution in [-0.2, 0) is 4.79 Å². The lowest BCUT2D eigenvalue weighted by molar-refractivity contribution is -0.128. The molecule has 0 fully saturated rings. The SMILES string of the molecule is CCC(CCCO)CNC(=O)C(C)(C)C. The van der Waals surface area contributed by atoms with E-state index in [1.54, 1.807) is 0 Å². The highest BCUT2D eigenvalue weighted by molar-refractivity contribution is 5.81. The molecule has 15 heavy (non-hydrogen) atoms. The Morgan fingerprint density at radius 1 is 1.40 bits per heavy atom. The quantitative estimate of drug-likeness (QED) is 0.711. The molecule has 0 aliphatic heterocycles. The van der Waals surface area contributed by atoms with Crippen molar-refractivity contribution >= 4 is 5.91 Å². The number of nitrogens with one attached hydrogen (secondary N) is 1. The summed E-state index contributed by atoms with van der Waals surface area (Å²) in [6.45, 7) is 8.83. The van der Waals surface area contributed by atoms with Crippen LogP contribution in [0.1, 0.15) is 47.0 Å². The molecule has 90 valence electrons. The van der Waals surface area contributed by atoms with Crippen molar-refractivity contribution in [3.63, 3.8) is 0 Å². The van der Waals surface area contributed by atoms with Crippen LogP contribution in [0.3, 0.4) is 0 Å². The van der Waals surface area contributed by atoms with Crippen molar-refractivity contribution < 1.29 is 9.90 Å². The molecule has 3 nitrogen and oxygen atoms in total. The third-order valence-electron chi connectivity index (χ3n) is 2.58. The van der Waals surface area contributed by atoms with E-state index in [9.17, 15) is 4.79 Å². The Morgan fingerprint density at radius 2 is 2.00 bits per heavy atom. The maximum absolute atomic E-state index is 11.6. The monoisotopic (exact) mass is 215 g/mol. The highest BCUT2D eigenvalue weighted by Crippen LogP contribution is 2.14. The number of hydrogen-bond donors (Lipinski definition) is 2. The standard InChI is InChI=1S/C12H25NO2/c1-5-10(7-6-8-14)9-13-11(15)12(2,3)4/h10,14H,5-9H2,1-4H3,(H,13,15). The molecule has 2 N–H and O–H groups in total. The number of rotatable bonds is 6. The van der Waals surface area contributed by atoms with Gasteiger partial charge >= 0.3 is 0 Å². The zero-order valence-corrected chi connectivity index (χ0v) is 10.5. The number of carbonyl (C=O) groups is 1. The summed E-state index contributed by atoms with van der Waals surface area (Å²) in [6, 6.07) is 0. The number of hydrogen-bond acceptors (Lipinski definition) is 2. The van der Waals surface area contributed by atoms with Crippen LogP contribution in [0, 0.1) is 11.3 Å². The van der Waals surface area contributed by atoms with E-state index < -0.39 is 0 Å². The van der Waals surface area contributed by atoms with Crippen molar-refractivity contribution in [2.75, 3.05) is 13.2 Å². The molecule has 0 saturated carbocycles. The Morgan fingerprint density at radius 3 is 2.40 bits per heavy atom. The van der Waals surface area contributed by atoms with Gasteiger partial charge in [0.2, 0.25) is 5.91 Å². The zero-order valence-electron chi connectivity index (χ0n) is 10.5. The molecule has 1 amide bonds. The van der Waals surface area contributed by atoms with Gasteiger partial charge in [0, 0.05) is 18.6 Å². The van der Waals surface area contributed by atoms with Gasteiger partial charge in [0.25, 0.3) is 0 Å². The molecular formula is C12H25NO2. The second-order valence-corrected chi connectivity index (χ2v) is 5.10. The molecule has 0 aliphatic rings. The molecule has 0 spiro atoms. The predicted molar refractivity (Wildman–Crippen MR) is 62.6 cm³/mol. The molecule has 1 unspecified atom stereocenters. The second kappa shape index (κ2) is 6.83. The summed E-state index contributed by atoms with van der Waals surface area (Å²) in [5.41, 5.74) is -0.310. The first-order valence-electron chi connectivity index (χ1n) is 5.81. The predicted octanol–water partition coefficient (Wildman–Crippen LogP) is 1.95. The summed E-state index contributed by atoms with van der Waals surface area (Å²) in [6.07, 6.45) is 2.85. The van der Waals surface area contributed by atoms with E-state index in [2.05, 4.69) is 12.2 Å². The largest absolute Gasteiger partial charge is 0.396 e. The van der Waals surface area contributed by atoms with E-state index in [4.69, 9.17) is 5.11 Å². The van der Waals surface area contributed by atoms with Gasteiger partial charge < -0.3 is 10.4 Å². The van der Waals surface area contributed by atoms with Crippen LogP contribution in [0.2, 0.25) is 0 Å². The molecule has 0 rings (SSSR count). The van der Waals surface area contributed by atoms with Crippen molar-refractivity contribution in [1.82, 2.24) is 5.32 Å². The van der Waals surface area contributed by atoms with E-state index >= 15 is 0 Å². The van der Waals surface area contributed by atoms with Gasteiger partial charge in [0.1, 0.15) is 0 Å². The molecule has 1 atom stereocenters. The van der Waals surface area contributed by atoms with Crippen molar-refractivity contribution in [3.05, 3.63) is 0 Å². The summed E-state index contributed by atoms with van der Waals surface area (Å²) in [7, 11) is 0. The van der Waals surface area contributed by atoms with Gasteiger partial charge in [-0.15, -0.1) is 0 Å². The van der Waals surface area contributed by atoms with Gasteiger partial charge in [-0.3, -0.25) is 4.79 Å². The third kappa shape index (κ3) is 6.50. The summed E-state index contributed by atoms with van der Waals surface area (Å²) < 4.78 is 0. The van der Waals surface area contributed by atoms with Crippen molar-refractivity contribution in [2.45, 2.75) is 47.0 Å². The summed E-state index contributed by atoms with van der Waals surface area (Å²) in [5, 5.41) is 11.7. The fourth-order valence-electron chi connectivity index (χ4n) is 1.33. The summed E-state index contributed by atoms with van der Waals surface area (Å²) >= 11 is 0. The minimum atomic E-state index is -0.310. The molecule has 0 radical (unpaired) electrons. The smallest absolute Gasteiger partial charge is 0.225 e. The van der Waals surface area contributed by atoms with Crippen LogP contribution in [0.25, 0.3) is 0 Å². The van der Waals surface area contributed by atoms with Gasteiger partial charge in [-0.05, 0) is 18.8 Å². The van der Waals surface area contributed by atoms with Crippen LogP contribution in [0.5, 0.6) is 0 Å². The van der Waals surface area contributed by atoms with Gasteiger partial charge in [-0.2, -0.15) is 0 Å². The van der Waals surface area contributed by atoms with Gasteiger partial charge in [-0.25, -0.2) is 0 Å². The van der Waals surface area contributed by atoms with Crippen molar-refractivity contribution in [3.8, 4) is 0 Å². The number of aliphatic hydroxyl groups excluding tert-OH is 1. The Balaban J connectivity index is 3.85. The number of amides is 1. The third-order valence-corrected chi connectivity index (χ3v) is 2.58. The maximum Gasteiger partial charge on any atom is 0.225 e. The first kappa shape index (κ1) is 14.4. The lowest BCUT2D eigenvalue weighted by Crippen LogP contribution is -2.37. The molecule has 3 heteroatoms. The van der Waals surface area contributed by atoms with Gasteiger partial charge in [0.05, 0.1) is 0 Å². The lowest BCUT2D eigenvalue weighted by Gasteiger charge is -2.21. The molecule has 0 aromatic rings. The first-order valence-corrected chi connectivity index (χ1v) is 5.81. The number of aliphatic hydroxyl groups is 1. The molecule has 0 aromatic heterocycles. The lowest BCUT2D eigenvalue weighted by atomic mass is 9.94. The van der Waals surface area contributed by atoms with Crippen LogP contribution in [0.15, 0.2) is 0 Å². The fourth-order valence-corrected chi connectivity index (χ4v) is 1.33. The molecule has 0 heterocycles. The molecule has 0 aliphatic carbocycles. The molecule has 0 aromatic carbocycles. The average molecular weight is 215 g/mol. The summed E-state index contributed by atoms with van der Waals surface area (Å²) in [5.74, 6) is 0.591. The van der Waals surface area contributed by atoms with Crippen LogP contribution >= 0.6 is 0 Å². The highest BCUT2D eigenvalue weighted by atomic mass is 16.2.